The lowest BCUT2D eigenvalue weighted by Crippen LogP contribution is -2.41. The van der Waals surface area contributed by atoms with Crippen molar-refractivity contribution >= 4 is 23.1 Å². The van der Waals surface area contributed by atoms with Gasteiger partial charge in [0.15, 0.2) is 5.84 Å². The van der Waals surface area contributed by atoms with Crippen molar-refractivity contribution in [3.63, 3.8) is 0 Å². The van der Waals surface area contributed by atoms with Crippen LogP contribution in [0, 0.1) is 11.8 Å². The van der Waals surface area contributed by atoms with E-state index in [0.29, 0.717) is 6.54 Å². The molecule has 0 bridgehead atoms. The first-order valence-electron chi connectivity index (χ1n) is 5.18. The van der Waals surface area contributed by atoms with Gasteiger partial charge in [0.05, 0.1) is 17.7 Å². The molecule has 0 aromatic carbocycles. The van der Waals surface area contributed by atoms with Crippen LogP contribution >= 0.6 is 11.3 Å². The molecule has 0 saturated heterocycles. The van der Waals surface area contributed by atoms with Crippen molar-refractivity contribution in [3.05, 3.63) is 16.6 Å². The minimum absolute atomic E-state index is 0.0404. The zero-order valence-electron chi connectivity index (χ0n) is 9.75. The number of amidine groups is 1. The number of amides is 1. The Morgan fingerprint density at radius 1 is 1.71 bits per heavy atom. The van der Waals surface area contributed by atoms with Gasteiger partial charge in [0.1, 0.15) is 5.92 Å². The lowest BCUT2D eigenvalue weighted by molar-refractivity contribution is -0.124. The molecule has 94 valence electrons. The van der Waals surface area contributed by atoms with Crippen molar-refractivity contribution in [2.45, 2.75) is 20.4 Å². The topological polar surface area (TPSA) is 101 Å². The fraction of sp³-hybridized carbons (Fsp3) is 0.500. The van der Waals surface area contributed by atoms with E-state index in [0.717, 1.165) is 5.69 Å². The van der Waals surface area contributed by atoms with Crippen molar-refractivity contribution in [1.29, 1.82) is 0 Å². The highest BCUT2D eigenvalue weighted by Gasteiger charge is 2.26. The molecule has 1 aromatic heterocycles. The number of hydrogen-bond acceptors (Lipinski definition) is 5. The molecule has 7 heteroatoms. The van der Waals surface area contributed by atoms with Crippen LogP contribution in [0.4, 0.5) is 0 Å². The first-order chi connectivity index (χ1) is 8.06. The number of nitrogens with two attached hydrogens (primary N) is 1. The lowest BCUT2D eigenvalue weighted by atomic mass is 9.94. The second kappa shape index (κ2) is 6.19. The summed E-state index contributed by atoms with van der Waals surface area (Å²) in [6.45, 7) is 4.03. The third-order valence-electron chi connectivity index (χ3n) is 2.31. The molecule has 1 atom stereocenters. The predicted molar refractivity (Wildman–Crippen MR) is 65.7 cm³/mol. The van der Waals surface area contributed by atoms with Crippen molar-refractivity contribution in [2.75, 3.05) is 0 Å². The summed E-state index contributed by atoms with van der Waals surface area (Å²) in [5, 5.41) is 16.1. The quantitative estimate of drug-likeness (QED) is 0.313. The predicted octanol–water partition coefficient (Wildman–Crippen LogP) is 0.778. The number of thiazole rings is 1. The number of oxime groups is 1. The van der Waals surface area contributed by atoms with Crippen LogP contribution in [0.3, 0.4) is 0 Å². The third-order valence-corrected chi connectivity index (χ3v) is 2.95. The molecule has 1 aromatic rings. The zero-order valence-corrected chi connectivity index (χ0v) is 10.6. The van der Waals surface area contributed by atoms with Crippen molar-refractivity contribution in [3.8, 4) is 0 Å². The number of nitrogens with zero attached hydrogens (tertiary/aromatic N) is 2. The van der Waals surface area contributed by atoms with Gasteiger partial charge in [0.25, 0.3) is 0 Å². The molecule has 0 aliphatic rings. The molecule has 0 aliphatic carbocycles. The molecule has 1 unspecified atom stereocenters. The summed E-state index contributed by atoms with van der Waals surface area (Å²) in [5.74, 6) is -1.00. The Balaban J connectivity index is 2.60. The first kappa shape index (κ1) is 13.4. The average Bonchev–Trinajstić information content (AvgIpc) is 2.78. The van der Waals surface area contributed by atoms with Gasteiger partial charge in [-0.05, 0) is 5.92 Å². The SMILES string of the molecule is CC(C)C(C(=O)NCc1cscn1)/C(N)=N/O. The number of hydrogen-bond donors (Lipinski definition) is 3. The molecule has 4 N–H and O–H groups in total. The Morgan fingerprint density at radius 3 is 2.88 bits per heavy atom. The lowest BCUT2D eigenvalue weighted by Gasteiger charge is -2.18. The van der Waals surface area contributed by atoms with Crippen LogP contribution in [0.15, 0.2) is 16.0 Å². The van der Waals surface area contributed by atoms with E-state index < -0.39 is 5.92 Å². The van der Waals surface area contributed by atoms with Gasteiger partial charge < -0.3 is 16.3 Å². The molecule has 0 spiro atoms. The first-order valence-corrected chi connectivity index (χ1v) is 6.12. The second-order valence-electron chi connectivity index (χ2n) is 3.94. The second-order valence-corrected chi connectivity index (χ2v) is 4.66. The van der Waals surface area contributed by atoms with Crippen LogP contribution in [0.5, 0.6) is 0 Å². The highest BCUT2D eigenvalue weighted by molar-refractivity contribution is 7.07. The monoisotopic (exact) mass is 256 g/mol. The Kier molecular flexibility index (Phi) is 4.89. The van der Waals surface area contributed by atoms with E-state index in [1.807, 2.05) is 19.2 Å². The van der Waals surface area contributed by atoms with Gasteiger partial charge >= 0.3 is 0 Å². The molecule has 0 aliphatic heterocycles. The number of nitrogens with one attached hydrogen (secondary N) is 1. The van der Waals surface area contributed by atoms with Gasteiger partial charge in [-0.15, -0.1) is 11.3 Å². The van der Waals surface area contributed by atoms with E-state index in [4.69, 9.17) is 10.9 Å². The fourth-order valence-electron chi connectivity index (χ4n) is 1.45. The van der Waals surface area contributed by atoms with E-state index in [1.165, 1.54) is 11.3 Å². The number of rotatable bonds is 5. The summed E-state index contributed by atoms with van der Waals surface area (Å²) in [6, 6.07) is 0. The van der Waals surface area contributed by atoms with Crippen LogP contribution < -0.4 is 11.1 Å². The zero-order chi connectivity index (χ0) is 12.8. The standard InChI is InChI=1S/C10H16N4O2S/c1-6(2)8(9(11)14-16)10(15)12-3-7-4-17-5-13-7/h4-6,8,16H,3H2,1-2H3,(H2,11,14)(H,12,15). The van der Waals surface area contributed by atoms with Crippen molar-refractivity contribution in [2.24, 2.45) is 22.7 Å². The van der Waals surface area contributed by atoms with Crippen LogP contribution in [0.1, 0.15) is 19.5 Å². The van der Waals surface area contributed by atoms with Gasteiger partial charge in [-0.25, -0.2) is 4.98 Å². The molecule has 1 amide bonds. The summed E-state index contributed by atoms with van der Waals surface area (Å²) in [4.78, 5) is 15.9. The normalized spacial score (nSPS) is 13.7. The summed E-state index contributed by atoms with van der Waals surface area (Å²) in [7, 11) is 0. The Bertz CT molecular complexity index is 389. The molecular weight excluding hydrogens is 240 g/mol. The number of aromatic nitrogens is 1. The molecule has 1 rings (SSSR count). The van der Waals surface area contributed by atoms with E-state index in [-0.39, 0.29) is 17.7 Å². The van der Waals surface area contributed by atoms with Gasteiger partial charge in [0.2, 0.25) is 5.91 Å². The summed E-state index contributed by atoms with van der Waals surface area (Å²) >= 11 is 1.47. The Morgan fingerprint density at radius 2 is 2.41 bits per heavy atom. The molecule has 17 heavy (non-hydrogen) atoms. The molecule has 0 radical (unpaired) electrons. The summed E-state index contributed by atoms with van der Waals surface area (Å²) in [6.07, 6.45) is 0. The molecule has 0 saturated carbocycles. The maximum absolute atomic E-state index is 11.9. The van der Waals surface area contributed by atoms with Crippen LogP contribution in [-0.2, 0) is 11.3 Å². The Hall–Kier alpha value is -1.63. The number of carbonyl (C=O) groups is 1. The van der Waals surface area contributed by atoms with Crippen LogP contribution in [0.25, 0.3) is 0 Å². The largest absolute Gasteiger partial charge is 0.409 e. The van der Waals surface area contributed by atoms with Crippen LogP contribution in [0.2, 0.25) is 0 Å². The summed E-state index contributed by atoms with van der Waals surface area (Å²) in [5.41, 5.74) is 7.99. The van der Waals surface area contributed by atoms with Crippen LogP contribution in [-0.4, -0.2) is 21.9 Å². The minimum Gasteiger partial charge on any atom is -0.409 e. The average molecular weight is 256 g/mol. The van der Waals surface area contributed by atoms with Gasteiger partial charge in [-0.2, -0.15) is 0 Å². The molecule has 0 fully saturated rings. The minimum atomic E-state index is -0.626. The molecule has 6 nitrogen and oxygen atoms in total. The third kappa shape index (κ3) is 3.70. The smallest absolute Gasteiger partial charge is 0.231 e. The van der Waals surface area contributed by atoms with E-state index in [9.17, 15) is 4.79 Å². The van der Waals surface area contributed by atoms with Gasteiger partial charge in [-0.3, -0.25) is 4.79 Å². The molecular formula is C10H16N4O2S. The van der Waals surface area contributed by atoms with Crippen molar-refractivity contribution in [1.82, 2.24) is 10.3 Å². The van der Waals surface area contributed by atoms with E-state index in [1.54, 1.807) is 5.51 Å². The maximum Gasteiger partial charge on any atom is 0.231 e. The van der Waals surface area contributed by atoms with E-state index in [2.05, 4.69) is 15.5 Å². The highest BCUT2D eigenvalue weighted by Crippen LogP contribution is 2.11. The highest BCUT2D eigenvalue weighted by atomic mass is 32.1. The van der Waals surface area contributed by atoms with Gasteiger partial charge in [-0.1, -0.05) is 19.0 Å². The Labute approximate surface area is 104 Å². The van der Waals surface area contributed by atoms with E-state index >= 15 is 0 Å². The maximum atomic E-state index is 11.9. The number of carbonyl (C=O) groups excluding carboxylic acids is 1. The van der Waals surface area contributed by atoms with Crippen molar-refractivity contribution < 1.29 is 10.0 Å². The van der Waals surface area contributed by atoms with Gasteiger partial charge in [0, 0.05) is 5.38 Å². The fourth-order valence-corrected chi connectivity index (χ4v) is 2.01. The molecule has 1 heterocycles. The summed E-state index contributed by atoms with van der Waals surface area (Å²) < 4.78 is 0.